The van der Waals surface area contributed by atoms with E-state index in [1.54, 1.807) is 0 Å². The molecule has 0 atom stereocenters. The van der Waals surface area contributed by atoms with E-state index in [0.29, 0.717) is 21.9 Å². The molecule has 1 aliphatic rings. The third-order valence-electron chi connectivity index (χ3n) is 1.92. The van der Waals surface area contributed by atoms with Gasteiger partial charge in [-0.3, -0.25) is 0 Å². The van der Waals surface area contributed by atoms with E-state index in [0.717, 1.165) is 18.5 Å². The molecule has 1 aromatic heterocycles. The monoisotopic (exact) mass is 155 g/mol. The van der Waals surface area contributed by atoms with Crippen LogP contribution in [0.15, 0.2) is 6.20 Å². The van der Waals surface area contributed by atoms with E-state index in [9.17, 15) is 5.21 Å². The summed E-state index contributed by atoms with van der Waals surface area (Å²) in [7, 11) is 0. The predicted octanol–water partition coefficient (Wildman–Crippen LogP) is -0.996. The number of hydrogen-bond acceptors (Lipinski definition) is 3. The van der Waals surface area contributed by atoms with Crippen molar-refractivity contribution in [2.24, 2.45) is 0 Å². The van der Waals surface area contributed by atoms with E-state index in [2.05, 4.69) is 5.32 Å². The summed E-state index contributed by atoms with van der Waals surface area (Å²) in [6.07, 6.45) is 2.27. The Labute approximate surface area is 63.4 Å². The standard InChI is InChI=1S/C6H9N3O2/c10-8-4-5-1-2-7-3-6(5)9(8)11/h4,7,10H,1-3H2. The fourth-order valence-corrected chi connectivity index (χ4v) is 1.33. The molecule has 1 aliphatic heterocycles. The lowest BCUT2D eigenvalue weighted by molar-refractivity contribution is -0.731. The fraction of sp³-hybridized carbons (Fsp3) is 0.500. The molecular weight excluding hydrogens is 146 g/mol. The Morgan fingerprint density at radius 1 is 1.73 bits per heavy atom. The van der Waals surface area contributed by atoms with Crippen LogP contribution in [-0.4, -0.2) is 16.6 Å². The molecule has 0 fully saturated rings. The third-order valence-corrected chi connectivity index (χ3v) is 1.92. The fourth-order valence-electron chi connectivity index (χ4n) is 1.33. The zero-order valence-corrected chi connectivity index (χ0v) is 5.95. The van der Waals surface area contributed by atoms with Crippen molar-refractivity contribution in [1.29, 1.82) is 0 Å². The van der Waals surface area contributed by atoms with Gasteiger partial charge < -0.3 is 15.7 Å². The van der Waals surface area contributed by atoms with Crippen molar-refractivity contribution in [3.05, 3.63) is 22.7 Å². The molecular formula is C6H9N3O2. The van der Waals surface area contributed by atoms with Crippen LogP contribution in [0.25, 0.3) is 0 Å². The average molecular weight is 155 g/mol. The van der Waals surface area contributed by atoms with Crippen molar-refractivity contribution in [1.82, 2.24) is 10.2 Å². The number of nitrogens with one attached hydrogen (secondary N) is 1. The van der Waals surface area contributed by atoms with Crippen molar-refractivity contribution in [2.75, 3.05) is 6.54 Å². The normalized spacial score (nSPS) is 16.4. The Kier molecular flexibility index (Phi) is 1.25. The van der Waals surface area contributed by atoms with Crippen LogP contribution in [0.1, 0.15) is 11.3 Å². The molecule has 2 heterocycles. The quantitative estimate of drug-likeness (QED) is 0.287. The van der Waals surface area contributed by atoms with E-state index in [-0.39, 0.29) is 0 Å². The van der Waals surface area contributed by atoms with E-state index in [1.807, 2.05) is 0 Å². The second-order valence-corrected chi connectivity index (χ2v) is 2.62. The number of nitrogens with zero attached hydrogens (tertiary/aromatic N) is 2. The van der Waals surface area contributed by atoms with Gasteiger partial charge in [0.25, 0.3) is 0 Å². The van der Waals surface area contributed by atoms with Gasteiger partial charge >= 0.3 is 0 Å². The molecule has 0 saturated carbocycles. The van der Waals surface area contributed by atoms with Crippen LogP contribution < -0.4 is 10.2 Å². The molecule has 0 unspecified atom stereocenters. The zero-order chi connectivity index (χ0) is 7.84. The SMILES string of the molecule is [O-][n+]1c2c(cn1O)CCNC2. The molecule has 0 saturated heterocycles. The Bertz CT molecular complexity index is 282. The third kappa shape index (κ3) is 0.848. The van der Waals surface area contributed by atoms with Crippen LogP contribution in [0.5, 0.6) is 0 Å². The number of fused-ring (bicyclic) bond motifs is 1. The molecule has 0 amide bonds. The van der Waals surface area contributed by atoms with Crippen LogP contribution in [-0.2, 0) is 13.0 Å². The maximum absolute atomic E-state index is 11.0. The second-order valence-electron chi connectivity index (χ2n) is 2.62. The van der Waals surface area contributed by atoms with Crippen molar-refractivity contribution in [3.8, 4) is 0 Å². The van der Waals surface area contributed by atoms with Gasteiger partial charge in [0.15, 0.2) is 0 Å². The van der Waals surface area contributed by atoms with E-state index >= 15 is 0 Å². The molecule has 2 rings (SSSR count). The topological polar surface area (TPSA) is 64.1 Å². The molecule has 5 nitrogen and oxygen atoms in total. The molecule has 0 radical (unpaired) electrons. The minimum absolute atomic E-state index is 0.501. The van der Waals surface area contributed by atoms with Gasteiger partial charge in [0, 0.05) is 11.4 Å². The average Bonchev–Trinajstić information content (AvgIpc) is 2.30. The maximum Gasteiger partial charge on any atom is 0.241 e. The predicted molar refractivity (Wildman–Crippen MR) is 36.0 cm³/mol. The van der Waals surface area contributed by atoms with Gasteiger partial charge in [-0.2, -0.15) is 0 Å². The molecule has 11 heavy (non-hydrogen) atoms. The van der Waals surface area contributed by atoms with Crippen LogP contribution >= 0.6 is 0 Å². The largest absolute Gasteiger partial charge is 0.593 e. The summed E-state index contributed by atoms with van der Waals surface area (Å²) >= 11 is 0. The molecule has 0 aliphatic carbocycles. The summed E-state index contributed by atoms with van der Waals surface area (Å²) in [6, 6.07) is 0. The van der Waals surface area contributed by atoms with Crippen molar-refractivity contribution in [3.63, 3.8) is 0 Å². The highest BCUT2D eigenvalue weighted by molar-refractivity contribution is 5.15. The smallest absolute Gasteiger partial charge is 0.241 e. The first-order chi connectivity index (χ1) is 5.29. The molecule has 60 valence electrons. The Morgan fingerprint density at radius 3 is 3.27 bits per heavy atom. The van der Waals surface area contributed by atoms with Crippen molar-refractivity contribution >= 4 is 0 Å². The zero-order valence-electron chi connectivity index (χ0n) is 5.95. The van der Waals surface area contributed by atoms with Gasteiger partial charge in [-0.1, -0.05) is 0 Å². The lowest BCUT2D eigenvalue weighted by Crippen LogP contribution is -2.42. The lowest BCUT2D eigenvalue weighted by Gasteiger charge is -2.08. The second kappa shape index (κ2) is 2.13. The highest BCUT2D eigenvalue weighted by Gasteiger charge is 2.21. The highest BCUT2D eigenvalue weighted by Crippen LogP contribution is 2.08. The van der Waals surface area contributed by atoms with Gasteiger partial charge in [-0.05, 0) is 11.3 Å². The number of aromatic nitrogens is 2. The Morgan fingerprint density at radius 2 is 2.55 bits per heavy atom. The van der Waals surface area contributed by atoms with Crippen LogP contribution in [0, 0.1) is 5.21 Å². The van der Waals surface area contributed by atoms with Gasteiger partial charge in [-0.25, -0.2) is 0 Å². The minimum atomic E-state index is 0.501. The van der Waals surface area contributed by atoms with Gasteiger partial charge in [0.05, 0.1) is 12.1 Å². The minimum Gasteiger partial charge on any atom is -0.593 e. The summed E-state index contributed by atoms with van der Waals surface area (Å²) in [4.78, 5) is 1.08. The molecule has 1 aromatic rings. The van der Waals surface area contributed by atoms with Gasteiger partial charge in [-0.15, -0.1) is 0 Å². The van der Waals surface area contributed by atoms with E-state index < -0.39 is 0 Å². The number of hydrogen-bond donors (Lipinski definition) is 2. The van der Waals surface area contributed by atoms with Crippen molar-refractivity contribution < 1.29 is 10.1 Å². The Hall–Kier alpha value is -1.23. The van der Waals surface area contributed by atoms with Gasteiger partial charge in [0.2, 0.25) is 5.69 Å². The first kappa shape index (κ1) is 6.48. The summed E-state index contributed by atoms with van der Waals surface area (Å²) in [6.45, 7) is 1.42. The molecule has 0 spiro atoms. The van der Waals surface area contributed by atoms with Crippen molar-refractivity contribution in [2.45, 2.75) is 13.0 Å². The first-order valence-electron chi connectivity index (χ1n) is 3.52. The summed E-state index contributed by atoms with van der Waals surface area (Å²) in [5.74, 6) is 0. The first-order valence-corrected chi connectivity index (χ1v) is 3.52. The highest BCUT2D eigenvalue weighted by atomic mass is 16.6. The maximum atomic E-state index is 11.0. The lowest BCUT2D eigenvalue weighted by atomic mass is 10.1. The van der Waals surface area contributed by atoms with Gasteiger partial charge in [0.1, 0.15) is 6.20 Å². The van der Waals surface area contributed by atoms with Crippen LogP contribution in [0.4, 0.5) is 0 Å². The molecule has 2 N–H and O–H groups in total. The van der Waals surface area contributed by atoms with E-state index in [1.165, 1.54) is 6.20 Å². The van der Waals surface area contributed by atoms with E-state index in [4.69, 9.17) is 5.21 Å². The summed E-state index contributed by atoms with van der Waals surface area (Å²) < 4.78 is 0. The summed E-state index contributed by atoms with van der Waals surface area (Å²) in [5, 5.41) is 23.0. The number of rotatable bonds is 0. The molecule has 0 aromatic carbocycles. The van der Waals surface area contributed by atoms with Crippen LogP contribution in [0.2, 0.25) is 0 Å². The van der Waals surface area contributed by atoms with Crippen LogP contribution in [0.3, 0.4) is 0 Å². The Balaban J connectivity index is 2.50. The molecule has 0 bridgehead atoms. The molecule has 5 heteroatoms. The summed E-state index contributed by atoms with van der Waals surface area (Å²) in [5.41, 5.74) is 1.56.